The van der Waals surface area contributed by atoms with E-state index in [9.17, 15) is 14.9 Å². The highest BCUT2D eigenvalue weighted by atomic mass is 16.3. The third-order valence-electron chi connectivity index (χ3n) is 4.67. The van der Waals surface area contributed by atoms with Gasteiger partial charge in [0.1, 0.15) is 11.6 Å². The third-order valence-corrected chi connectivity index (χ3v) is 4.67. The summed E-state index contributed by atoms with van der Waals surface area (Å²) in [6.07, 6.45) is 0.796. The molecular formula is C23H19N5O3. The molecule has 0 saturated carbocycles. The standard InChI is InChI=1S/C23H19N5O3/c1-14-7-9-16(10-8-14)26-23-27-20(18(13-24)21(29)28-23)15-4-2-5-17(12-15)25-22(30)19-6-3-11-31-19/h2-12,23,26-27H,1H3,(H,25,30)(H,28,29). The number of hydrogen-bond donors (Lipinski definition) is 4. The Kier molecular flexibility index (Phi) is 5.41. The van der Waals surface area contributed by atoms with Gasteiger partial charge in [0.25, 0.3) is 11.8 Å². The summed E-state index contributed by atoms with van der Waals surface area (Å²) >= 11 is 0. The Balaban J connectivity index is 1.58. The Morgan fingerprint density at radius 2 is 1.87 bits per heavy atom. The largest absolute Gasteiger partial charge is 0.459 e. The van der Waals surface area contributed by atoms with Crippen LogP contribution in [0.25, 0.3) is 5.70 Å². The minimum Gasteiger partial charge on any atom is -0.459 e. The van der Waals surface area contributed by atoms with Crippen LogP contribution in [0.5, 0.6) is 0 Å². The third kappa shape index (κ3) is 4.41. The van der Waals surface area contributed by atoms with Crippen LogP contribution in [0.4, 0.5) is 11.4 Å². The SMILES string of the molecule is Cc1ccc(NC2NC(=O)C(C#N)=C(c3cccc(NC(=O)c4ccco4)c3)N2)cc1. The van der Waals surface area contributed by atoms with Crippen molar-refractivity contribution in [3.63, 3.8) is 0 Å². The fourth-order valence-electron chi connectivity index (χ4n) is 3.15. The summed E-state index contributed by atoms with van der Waals surface area (Å²) in [5.41, 5.74) is 3.33. The Hall–Kier alpha value is -4.51. The number of anilines is 2. The molecule has 8 heteroatoms. The molecule has 1 aliphatic rings. The highest BCUT2D eigenvalue weighted by Crippen LogP contribution is 2.23. The first kappa shape index (κ1) is 19.8. The van der Waals surface area contributed by atoms with Crippen LogP contribution in [0.15, 0.2) is 76.9 Å². The van der Waals surface area contributed by atoms with Crippen molar-refractivity contribution >= 4 is 28.9 Å². The van der Waals surface area contributed by atoms with Crippen LogP contribution in [0.3, 0.4) is 0 Å². The minimum absolute atomic E-state index is 0.0449. The van der Waals surface area contributed by atoms with Crippen molar-refractivity contribution < 1.29 is 14.0 Å². The molecule has 154 valence electrons. The summed E-state index contributed by atoms with van der Waals surface area (Å²) in [6, 6.07) is 19.7. The van der Waals surface area contributed by atoms with Gasteiger partial charge in [-0.1, -0.05) is 29.8 Å². The van der Waals surface area contributed by atoms with E-state index in [1.807, 2.05) is 37.3 Å². The Morgan fingerprint density at radius 1 is 1.06 bits per heavy atom. The molecule has 2 aromatic carbocycles. The summed E-state index contributed by atoms with van der Waals surface area (Å²) < 4.78 is 5.10. The van der Waals surface area contributed by atoms with Crippen LogP contribution < -0.4 is 21.3 Å². The van der Waals surface area contributed by atoms with Gasteiger partial charge in [0.2, 0.25) is 0 Å². The molecule has 2 heterocycles. The molecule has 31 heavy (non-hydrogen) atoms. The van der Waals surface area contributed by atoms with Gasteiger partial charge in [0, 0.05) is 16.9 Å². The lowest BCUT2D eigenvalue weighted by atomic mass is 10.0. The molecule has 0 fully saturated rings. The Labute approximate surface area is 178 Å². The number of benzene rings is 2. The van der Waals surface area contributed by atoms with E-state index in [1.165, 1.54) is 6.26 Å². The highest BCUT2D eigenvalue weighted by Gasteiger charge is 2.27. The predicted octanol–water partition coefficient (Wildman–Crippen LogP) is 3.19. The van der Waals surface area contributed by atoms with Gasteiger partial charge in [-0.3, -0.25) is 9.59 Å². The molecule has 3 aromatic rings. The van der Waals surface area contributed by atoms with Crippen LogP contribution in [-0.2, 0) is 4.79 Å². The number of carbonyl (C=O) groups is 2. The zero-order valence-electron chi connectivity index (χ0n) is 16.6. The molecule has 0 aliphatic carbocycles. The van der Waals surface area contributed by atoms with Crippen LogP contribution in [0, 0.1) is 18.3 Å². The first-order chi connectivity index (χ1) is 15.0. The van der Waals surface area contributed by atoms with E-state index >= 15 is 0 Å². The number of hydrogen-bond acceptors (Lipinski definition) is 6. The van der Waals surface area contributed by atoms with Gasteiger partial charge >= 0.3 is 0 Å². The second-order valence-corrected chi connectivity index (χ2v) is 6.94. The smallest absolute Gasteiger partial charge is 0.291 e. The molecule has 0 spiro atoms. The first-order valence-electron chi connectivity index (χ1n) is 9.54. The monoisotopic (exact) mass is 413 g/mol. The van der Waals surface area contributed by atoms with E-state index in [0.717, 1.165) is 11.3 Å². The fourth-order valence-corrected chi connectivity index (χ4v) is 3.15. The number of nitriles is 1. The number of furan rings is 1. The second kappa shape index (κ2) is 8.47. The highest BCUT2D eigenvalue weighted by molar-refractivity contribution is 6.07. The van der Waals surface area contributed by atoms with Crippen molar-refractivity contribution in [3.05, 3.63) is 89.4 Å². The summed E-state index contributed by atoms with van der Waals surface area (Å²) in [7, 11) is 0. The van der Waals surface area contributed by atoms with Crippen LogP contribution in [0.1, 0.15) is 21.7 Å². The van der Waals surface area contributed by atoms with Crippen molar-refractivity contribution in [3.8, 4) is 6.07 Å². The number of carbonyl (C=O) groups excluding carboxylic acids is 2. The Bertz CT molecular complexity index is 1190. The van der Waals surface area contributed by atoms with Gasteiger partial charge < -0.3 is 25.7 Å². The molecule has 4 N–H and O–H groups in total. The quantitative estimate of drug-likeness (QED) is 0.510. The molecule has 4 rings (SSSR count). The molecule has 8 nitrogen and oxygen atoms in total. The van der Waals surface area contributed by atoms with Crippen LogP contribution in [0.2, 0.25) is 0 Å². The molecule has 0 bridgehead atoms. The van der Waals surface area contributed by atoms with Crippen molar-refractivity contribution in [2.24, 2.45) is 0 Å². The second-order valence-electron chi connectivity index (χ2n) is 6.94. The van der Waals surface area contributed by atoms with Crippen molar-refractivity contribution in [1.29, 1.82) is 5.26 Å². The van der Waals surface area contributed by atoms with Crippen LogP contribution >= 0.6 is 0 Å². The molecule has 1 atom stereocenters. The molecule has 2 amide bonds. The summed E-state index contributed by atoms with van der Waals surface area (Å²) in [5.74, 6) is -0.712. The van der Waals surface area contributed by atoms with Crippen molar-refractivity contribution in [1.82, 2.24) is 10.6 Å². The summed E-state index contributed by atoms with van der Waals surface area (Å²) in [5, 5.41) is 21.3. The zero-order valence-corrected chi connectivity index (χ0v) is 16.6. The molecule has 0 radical (unpaired) electrons. The van der Waals surface area contributed by atoms with Gasteiger partial charge in [-0.15, -0.1) is 0 Å². The normalized spacial score (nSPS) is 15.5. The number of aryl methyl sites for hydroxylation is 1. The van der Waals surface area contributed by atoms with E-state index in [4.69, 9.17) is 4.42 Å². The molecule has 1 unspecified atom stereocenters. The molecule has 1 aromatic heterocycles. The number of nitrogens with zero attached hydrogens (tertiary/aromatic N) is 1. The fraction of sp³-hybridized carbons (Fsp3) is 0.0870. The average molecular weight is 413 g/mol. The maximum Gasteiger partial charge on any atom is 0.291 e. The zero-order chi connectivity index (χ0) is 21.8. The lowest BCUT2D eigenvalue weighted by Gasteiger charge is -2.29. The summed E-state index contributed by atoms with van der Waals surface area (Å²) in [6.45, 7) is 1.99. The van der Waals surface area contributed by atoms with E-state index in [2.05, 4.69) is 21.3 Å². The average Bonchev–Trinajstić information content (AvgIpc) is 3.30. The number of rotatable bonds is 5. The first-order valence-corrected chi connectivity index (χ1v) is 9.54. The van der Waals surface area contributed by atoms with E-state index in [1.54, 1.807) is 36.4 Å². The summed E-state index contributed by atoms with van der Waals surface area (Å²) in [4.78, 5) is 24.8. The van der Waals surface area contributed by atoms with Gasteiger partial charge in [-0.25, -0.2) is 0 Å². The van der Waals surface area contributed by atoms with Gasteiger partial charge in [0.05, 0.1) is 12.0 Å². The molecule has 1 aliphatic heterocycles. The molecule has 0 saturated heterocycles. The topological polar surface area (TPSA) is 119 Å². The van der Waals surface area contributed by atoms with Crippen molar-refractivity contribution in [2.45, 2.75) is 13.2 Å². The van der Waals surface area contributed by atoms with E-state index in [-0.39, 0.29) is 11.3 Å². The Morgan fingerprint density at radius 3 is 2.58 bits per heavy atom. The number of nitrogens with one attached hydrogen (secondary N) is 4. The molecular weight excluding hydrogens is 394 g/mol. The lowest BCUT2D eigenvalue weighted by Crippen LogP contribution is -2.54. The van der Waals surface area contributed by atoms with Gasteiger partial charge in [-0.2, -0.15) is 5.26 Å². The van der Waals surface area contributed by atoms with Crippen molar-refractivity contribution in [2.75, 3.05) is 10.6 Å². The van der Waals surface area contributed by atoms with E-state index in [0.29, 0.717) is 16.9 Å². The van der Waals surface area contributed by atoms with E-state index < -0.39 is 18.1 Å². The maximum absolute atomic E-state index is 12.5. The number of amides is 2. The predicted molar refractivity (Wildman–Crippen MR) is 116 cm³/mol. The lowest BCUT2D eigenvalue weighted by molar-refractivity contribution is -0.118. The van der Waals surface area contributed by atoms with Crippen LogP contribution in [-0.4, -0.2) is 18.1 Å². The van der Waals surface area contributed by atoms with Gasteiger partial charge in [0.15, 0.2) is 12.0 Å². The minimum atomic E-state index is -0.622. The van der Waals surface area contributed by atoms with Gasteiger partial charge in [-0.05, 0) is 43.3 Å². The maximum atomic E-state index is 12.5.